The molecular weight excluding hydrogens is 533 g/mol. The van der Waals surface area contributed by atoms with Crippen molar-refractivity contribution < 1.29 is 22.8 Å². The van der Waals surface area contributed by atoms with E-state index in [1.54, 1.807) is 30.9 Å². The van der Waals surface area contributed by atoms with Gasteiger partial charge >= 0.3 is 0 Å². The monoisotopic (exact) mass is 579 g/mol. The van der Waals surface area contributed by atoms with Gasteiger partial charge in [-0.3, -0.25) is 14.4 Å². The summed E-state index contributed by atoms with van der Waals surface area (Å²) in [5.74, 6) is 1.87. The number of unbranched alkanes of at least 4 members (excludes halogenated alkanes) is 1. The minimum atomic E-state index is -3.80. The molecule has 0 radical (unpaired) electrons. The number of sulfonamides is 1. The Balaban J connectivity index is 1.55. The fourth-order valence-electron chi connectivity index (χ4n) is 5.66. The first kappa shape index (κ1) is 31.7. The third kappa shape index (κ3) is 9.65. The van der Waals surface area contributed by atoms with Crippen LogP contribution in [0.3, 0.4) is 0 Å². The fraction of sp³-hybridized carbons (Fsp3) is 0.724. The van der Waals surface area contributed by atoms with Crippen LogP contribution in [-0.2, 0) is 24.4 Å². The Kier molecular flexibility index (Phi) is 12.4. The molecule has 1 unspecified atom stereocenters. The van der Waals surface area contributed by atoms with Crippen LogP contribution in [0.25, 0.3) is 0 Å². The van der Waals surface area contributed by atoms with Crippen LogP contribution >= 0.6 is 8.19 Å². The number of carbonyl (C=O) groups excluding carboxylic acids is 3. The van der Waals surface area contributed by atoms with E-state index in [0.29, 0.717) is 33.9 Å². The summed E-state index contributed by atoms with van der Waals surface area (Å²) >= 11 is 0. The Bertz CT molecular complexity index is 1060. The van der Waals surface area contributed by atoms with Crippen molar-refractivity contribution in [3.63, 3.8) is 0 Å². The van der Waals surface area contributed by atoms with E-state index in [1.807, 2.05) is 13.8 Å². The lowest BCUT2D eigenvalue weighted by Gasteiger charge is -2.25. The molecule has 1 saturated carbocycles. The molecule has 3 atom stereocenters. The summed E-state index contributed by atoms with van der Waals surface area (Å²) in [5.41, 5.74) is 0. The van der Waals surface area contributed by atoms with Gasteiger partial charge in [0.25, 0.3) is 0 Å². The number of amides is 2. The number of hydrogen-bond donors (Lipinski definition) is 2. The maximum atomic E-state index is 13.3. The van der Waals surface area contributed by atoms with Gasteiger partial charge in [-0.1, -0.05) is 79.1 Å². The van der Waals surface area contributed by atoms with Gasteiger partial charge in [-0.15, -0.1) is 0 Å². The lowest BCUT2D eigenvalue weighted by atomic mass is 9.85. The van der Waals surface area contributed by atoms with Crippen molar-refractivity contribution in [3.8, 4) is 0 Å². The van der Waals surface area contributed by atoms with Crippen molar-refractivity contribution in [1.82, 2.24) is 14.9 Å². The highest BCUT2D eigenvalue weighted by Gasteiger charge is 2.37. The van der Waals surface area contributed by atoms with Gasteiger partial charge in [0.05, 0.1) is 12.6 Å². The fourth-order valence-corrected chi connectivity index (χ4v) is 8.56. The summed E-state index contributed by atoms with van der Waals surface area (Å²) in [6, 6.07) is 3.14. The van der Waals surface area contributed by atoms with Gasteiger partial charge in [-0.25, -0.2) is 8.42 Å². The van der Waals surface area contributed by atoms with Crippen LogP contribution in [0.1, 0.15) is 97.8 Å². The highest BCUT2D eigenvalue weighted by Crippen LogP contribution is 2.29. The van der Waals surface area contributed by atoms with Crippen LogP contribution in [0.2, 0.25) is 0 Å². The Morgan fingerprint density at radius 3 is 2.49 bits per heavy atom. The molecular formula is C29H46N3O5PS. The quantitative estimate of drug-likeness (QED) is 0.332. The molecule has 3 rings (SSSR count). The van der Waals surface area contributed by atoms with Crippen LogP contribution in [0.15, 0.2) is 28.6 Å². The molecule has 2 N–H and O–H groups in total. The predicted octanol–water partition coefficient (Wildman–Crippen LogP) is 5.17. The third-order valence-corrected chi connectivity index (χ3v) is 11.4. The summed E-state index contributed by atoms with van der Waals surface area (Å²) in [6.45, 7) is 5.49. The van der Waals surface area contributed by atoms with Gasteiger partial charge in [-0.2, -0.15) is 4.31 Å². The molecule has 2 amide bonds. The average Bonchev–Trinajstić information content (AvgIpc) is 3.05. The number of nitrogens with zero attached hydrogens (tertiary/aromatic N) is 1. The van der Waals surface area contributed by atoms with Crippen molar-refractivity contribution in [2.45, 2.75) is 121 Å². The van der Waals surface area contributed by atoms with Crippen LogP contribution in [0.4, 0.5) is 0 Å². The highest BCUT2D eigenvalue weighted by atomic mass is 32.2. The second kappa shape index (κ2) is 15.2. The molecule has 39 heavy (non-hydrogen) atoms. The largest absolute Gasteiger partial charge is 0.344 e. The first-order chi connectivity index (χ1) is 18.6. The normalized spacial score (nSPS) is 22.5. The number of nitrogens with one attached hydrogen (secondary N) is 2. The van der Waals surface area contributed by atoms with Crippen molar-refractivity contribution >= 4 is 35.8 Å². The highest BCUT2D eigenvalue weighted by molar-refractivity contribution is 7.92. The number of Topliss-reactive ketones (excluding diaryl/α,β-unsaturated/α-hetero) is 1. The van der Waals surface area contributed by atoms with Gasteiger partial charge in [0.15, 0.2) is 5.78 Å². The van der Waals surface area contributed by atoms with E-state index in [0.717, 1.165) is 18.8 Å². The molecule has 2 aliphatic rings. The molecule has 2 heterocycles. The summed E-state index contributed by atoms with van der Waals surface area (Å²) in [4.78, 5) is 39.1. The summed E-state index contributed by atoms with van der Waals surface area (Å²) in [7, 11) is -3.23. The van der Waals surface area contributed by atoms with E-state index >= 15 is 0 Å². The Morgan fingerprint density at radius 1 is 1.08 bits per heavy atom. The van der Waals surface area contributed by atoms with Crippen LogP contribution < -0.4 is 10.6 Å². The Hall–Kier alpha value is -1.83. The molecule has 2 fully saturated rings. The molecule has 10 heteroatoms. The molecule has 0 spiro atoms. The number of rotatable bonds is 12. The van der Waals surface area contributed by atoms with Crippen molar-refractivity contribution in [2.24, 2.45) is 11.8 Å². The molecule has 1 aromatic heterocycles. The van der Waals surface area contributed by atoms with E-state index < -0.39 is 22.1 Å². The van der Waals surface area contributed by atoms with E-state index in [4.69, 9.17) is 0 Å². The maximum Gasteiger partial charge on any atom is 0.248 e. The zero-order valence-electron chi connectivity index (χ0n) is 23.7. The van der Waals surface area contributed by atoms with Gasteiger partial charge in [0.2, 0.25) is 21.8 Å². The predicted molar refractivity (Wildman–Crippen MR) is 155 cm³/mol. The SMILES string of the molecule is CC(C)C[C@H](NC(=O)CCCCC1CCCCC1)C(=O)NC1CC[C@@H](C)N(S(=O)(=O)c2ccccp2)CC1=O. The van der Waals surface area contributed by atoms with Gasteiger partial charge in [0.1, 0.15) is 10.7 Å². The van der Waals surface area contributed by atoms with E-state index in [1.165, 1.54) is 42.8 Å². The molecule has 0 bridgehead atoms. The first-order valence-electron chi connectivity index (χ1n) is 14.6. The zero-order chi connectivity index (χ0) is 28.4. The average molecular weight is 580 g/mol. The smallest absolute Gasteiger partial charge is 0.248 e. The van der Waals surface area contributed by atoms with E-state index in [2.05, 4.69) is 10.6 Å². The van der Waals surface area contributed by atoms with Crippen LogP contribution in [-0.4, -0.2) is 55.0 Å². The third-order valence-electron chi connectivity index (χ3n) is 7.94. The minimum Gasteiger partial charge on any atom is -0.344 e. The van der Waals surface area contributed by atoms with Gasteiger partial charge < -0.3 is 10.6 Å². The minimum absolute atomic E-state index is 0.136. The number of hydrogen-bond acceptors (Lipinski definition) is 5. The lowest BCUT2D eigenvalue weighted by Crippen LogP contribution is -2.52. The number of carbonyl (C=O) groups is 3. The first-order valence-corrected chi connectivity index (χ1v) is 17.0. The molecule has 0 aromatic carbocycles. The zero-order valence-corrected chi connectivity index (χ0v) is 25.4. The second-order valence-electron chi connectivity index (χ2n) is 11.7. The molecule has 1 saturated heterocycles. The molecule has 218 valence electrons. The van der Waals surface area contributed by atoms with E-state index in [-0.39, 0.29) is 40.7 Å². The lowest BCUT2D eigenvalue weighted by molar-refractivity contribution is -0.131. The van der Waals surface area contributed by atoms with Gasteiger partial charge in [0, 0.05) is 12.5 Å². The maximum absolute atomic E-state index is 13.3. The van der Waals surface area contributed by atoms with Gasteiger partial charge in [-0.05, 0) is 56.3 Å². The van der Waals surface area contributed by atoms with E-state index in [9.17, 15) is 22.8 Å². The number of ketones is 1. The van der Waals surface area contributed by atoms with Crippen LogP contribution in [0.5, 0.6) is 0 Å². The van der Waals surface area contributed by atoms with Crippen molar-refractivity contribution in [2.75, 3.05) is 6.54 Å². The molecule has 1 aliphatic heterocycles. The van der Waals surface area contributed by atoms with Crippen molar-refractivity contribution in [3.05, 3.63) is 24.0 Å². The standard InChI is InChI=1S/C29H46N3O5PS/c1-21(2)19-25(30-27(34)14-8-7-13-23-11-5-4-6-12-23)29(35)31-24-17-16-22(3)32(20-26(24)33)39(36,37)28-15-9-10-18-38-28/h9-10,15,18,21-25H,4-8,11-14,16-17,19-20H2,1-3H3,(H,30,34)(H,31,35)/t22-,24?,25+/m1/s1. The topological polar surface area (TPSA) is 113 Å². The molecule has 1 aliphatic carbocycles. The summed E-state index contributed by atoms with van der Waals surface area (Å²) < 4.78 is 28.0. The van der Waals surface area contributed by atoms with Crippen LogP contribution in [0, 0.1) is 11.8 Å². The van der Waals surface area contributed by atoms with Crippen molar-refractivity contribution in [1.29, 1.82) is 0 Å². The molecule has 1 aromatic rings. The summed E-state index contributed by atoms with van der Waals surface area (Å²) in [6.07, 6.45) is 11.3. The molecule has 8 nitrogen and oxygen atoms in total. The second-order valence-corrected chi connectivity index (χ2v) is 14.9. The Morgan fingerprint density at radius 2 is 1.82 bits per heavy atom. The Labute approximate surface area is 236 Å². The summed E-state index contributed by atoms with van der Waals surface area (Å²) in [5, 5.41) is 5.75.